The number of nitrogen functional groups attached to an aromatic ring is 1. The first kappa shape index (κ1) is 37.3. The second kappa shape index (κ2) is 15.9. The van der Waals surface area contributed by atoms with Crippen LogP contribution < -0.4 is 38.6 Å². The minimum atomic E-state index is -1.37. The Morgan fingerprint density at radius 3 is 2.21 bits per heavy atom. The number of esters is 1. The molecule has 0 saturated heterocycles. The molecule has 3 aromatic carbocycles. The number of amides is 1. The lowest BCUT2D eigenvalue weighted by molar-refractivity contribution is 0.0599. The van der Waals surface area contributed by atoms with Crippen molar-refractivity contribution in [1.82, 2.24) is 24.9 Å². The Labute approximate surface area is 272 Å². The first-order chi connectivity index (χ1) is 21.4. The van der Waals surface area contributed by atoms with E-state index in [0.717, 1.165) is 21.7 Å². The molecule has 1 amide bonds. The number of aromatic carboxylic acids is 1. The maximum atomic E-state index is 12.5. The van der Waals surface area contributed by atoms with E-state index in [-0.39, 0.29) is 73.5 Å². The number of carboxylic acid groups (broad SMARTS) is 1. The number of halogens is 1. The van der Waals surface area contributed by atoms with Gasteiger partial charge in [0.2, 0.25) is 0 Å². The van der Waals surface area contributed by atoms with E-state index in [9.17, 15) is 33.9 Å². The molecule has 2 heterocycles. The summed E-state index contributed by atoms with van der Waals surface area (Å²) < 4.78 is 5.44. The fraction of sp³-hybridized carbons (Fsp3) is 0.200. The van der Waals surface area contributed by atoms with Gasteiger partial charge >= 0.3 is 17.6 Å². The van der Waals surface area contributed by atoms with Crippen LogP contribution in [0.25, 0.3) is 5.78 Å². The van der Waals surface area contributed by atoms with E-state index in [1.165, 1.54) is 7.11 Å². The molecule has 0 unspecified atom stereocenters. The molecule has 0 spiro atoms. The number of fused-ring (bicyclic) bond motifs is 1. The second-order valence-corrected chi connectivity index (χ2v) is 9.70. The van der Waals surface area contributed by atoms with Crippen LogP contribution in [0, 0.1) is 0 Å². The second-order valence-electron chi connectivity index (χ2n) is 9.70. The summed E-state index contributed by atoms with van der Waals surface area (Å²) in [5, 5.41) is 16.9. The molecule has 1 atom stereocenters. The highest BCUT2D eigenvalue weighted by molar-refractivity contribution is 5.95. The summed E-state index contributed by atoms with van der Waals surface area (Å²) >= 11 is 0. The molecule has 0 aliphatic heterocycles. The van der Waals surface area contributed by atoms with Crippen LogP contribution in [0.15, 0.2) is 69.0 Å². The van der Waals surface area contributed by atoms with Crippen LogP contribution in [-0.4, -0.2) is 49.6 Å². The van der Waals surface area contributed by atoms with Crippen molar-refractivity contribution in [3.05, 3.63) is 119 Å². The van der Waals surface area contributed by atoms with Crippen LogP contribution in [0.5, 0.6) is 0 Å². The Morgan fingerprint density at radius 2 is 1.64 bits per heavy atom. The van der Waals surface area contributed by atoms with Gasteiger partial charge in [0.05, 0.1) is 12.7 Å². The molecule has 0 saturated carbocycles. The summed E-state index contributed by atoms with van der Waals surface area (Å²) in [6, 6.07) is 15.1. The molecule has 0 fully saturated rings. The predicted molar refractivity (Wildman–Crippen MR) is 176 cm³/mol. The zero-order valence-electron chi connectivity index (χ0n) is 24.4. The quantitative estimate of drug-likeness (QED) is 0.0960. The van der Waals surface area contributed by atoms with Crippen molar-refractivity contribution in [2.75, 3.05) is 18.2 Å². The van der Waals surface area contributed by atoms with Crippen molar-refractivity contribution in [3.63, 3.8) is 0 Å². The highest BCUT2D eigenvalue weighted by atomic mass is 35.5. The van der Waals surface area contributed by atoms with E-state index in [1.54, 1.807) is 36.4 Å². The number of ether oxygens (including phenoxy) is 1. The summed E-state index contributed by atoms with van der Waals surface area (Å²) in [4.78, 5) is 76.4. The number of H-pyrrole nitrogens is 1. The number of aromatic amines is 1. The summed E-state index contributed by atoms with van der Waals surface area (Å²) in [5.74, 6) is -2.60. The Kier molecular flexibility index (Phi) is 12.6. The van der Waals surface area contributed by atoms with Crippen molar-refractivity contribution >= 4 is 47.4 Å². The minimum absolute atomic E-state index is 0. The van der Waals surface area contributed by atoms with Crippen molar-refractivity contribution in [2.24, 2.45) is 5.73 Å². The molecule has 16 nitrogen and oxygen atoms in total. The maximum absolute atomic E-state index is 12.5. The SMILES string of the molecule is C.COC(=O)c1ccc([C@H](C)N)cc1.Cl.Nc1c(NCc2cccc(CNC(=O)c3cc(C(=O)O)n4[nH]c(=O)nc4n3)c2)c(=O)c1=O. The Balaban J connectivity index is 0.000000435. The number of nitrogens with two attached hydrogens (primary N) is 2. The molecule has 0 radical (unpaired) electrons. The lowest BCUT2D eigenvalue weighted by atomic mass is 10.1. The number of nitrogens with zero attached hydrogens (tertiary/aromatic N) is 3. The number of anilines is 2. The largest absolute Gasteiger partial charge is 0.477 e. The molecule has 5 rings (SSSR count). The van der Waals surface area contributed by atoms with Crippen molar-refractivity contribution in [3.8, 4) is 0 Å². The maximum Gasteiger partial charge on any atom is 0.363 e. The zero-order chi connectivity index (χ0) is 32.8. The molecule has 2 aromatic heterocycles. The summed E-state index contributed by atoms with van der Waals surface area (Å²) in [7, 11) is 1.36. The molecule has 248 valence electrons. The van der Waals surface area contributed by atoms with Gasteiger partial charge in [0.25, 0.3) is 22.5 Å². The number of methoxy groups -OCH3 is 1. The molecule has 8 N–H and O–H groups in total. The number of benzene rings is 2. The van der Waals surface area contributed by atoms with Gasteiger partial charge in [-0.3, -0.25) is 14.4 Å². The highest BCUT2D eigenvalue weighted by Crippen LogP contribution is 2.13. The Bertz CT molecular complexity index is 2030. The third-order valence-corrected chi connectivity index (χ3v) is 6.51. The van der Waals surface area contributed by atoms with Crippen molar-refractivity contribution in [2.45, 2.75) is 33.5 Å². The van der Waals surface area contributed by atoms with Crippen LogP contribution in [-0.2, 0) is 17.8 Å². The number of nitrogens with one attached hydrogen (secondary N) is 3. The predicted octanol–water partition coefficient (Wildman–Crippen LogP) is 1.39. The first-order valence-electron chi connectivity index (χ1n) is 13.2. The molecule has 5 aromatic rings. The van der Waals surface area contributed by atoms with E-state index in [0.29, 0.717) is 11.1 Å². The molecule has 0 aliphatic rings. The van der Waals surface area contributed by atoms with E-state index < -0.39 is 28.4 Å². The summed E-state index contributed by atoms with van der Waals surface area (Å²) in [6.45, 7) is 2.23. The fourth-order valence-electron chi connectivity index (χ4n) is 4.10. The average Bonchev–Trinajstić information content (AvgIpc) is 3.42. The minimum Gasteiger partial charge on any atom is -0.477 e. The van der Waals surface area contributed by atoms with Crippen molar-refractivity contribution < 1.29 is 24.2 Å². The van der Waals surface area contributed by atoms with E-state index in [4.69, 9.17) is 11.5 Å². The molecule has 17 heteroatoms. The number of rotatable bonds is 9. The van der Waals surface area contributed by atoms with Gasteiger partial charge in [0.15, 0.2) is 5.69 Å². The lowest BCUT2D eigenvalue weighted by Gasteiger charge is -2.11. The summed E-state index contributed by atoms with van der Waals surface area (Å²) in [5.41, 5.74) is 11.4. The van der Waals surface area contributed by atoms with Crippen LogP contribution >= 0.6 is 12.4 Å². The smallest absolute Gasteiger partial charge is 0.363 e. The number of hydrogen-bond donors (Lipinski definition) is 6. The topological polar surface area (TPSA) is 254 Å². The molecular formula is C30H33ClN8O8. The van der Waals surface area contributed by atoms with Gasteiger partial charge in [-0.25, -0.2) is 29.0 Å². The first-order valence-corrected chi connectivity index (χ1v) is 13.2. The van der Waals surface area contributed by atoms with Gasteiger partial charge in [-0.1, -0.05) is 43.8 Å². The molecular weight excluding hydrogens is 636 g/mol. The van der Waals surface area contributed by atoms with Crippen LogP contribution in [0.2, 0.25) is 0 Å². The average molecular weight is 669 g/mol. The third kappa shape index (κ3) is 8.65. The highest BCUT2D eigenvalue weighted by Gasteiger charge is 2.19. The van der Waals surface area contributed by atoms with E-state index in [2.05, 4.69) is 30.4 Å². The Morgan fingerprint density at radius 1 is 1.00 bits per heavy atom. The van der Waals surface area contributed by atoms with Crippen LogP contribution in [0.4, 0.5) is 11.4 Å². The number of carbonyl (C=O) groups excluding carboxylic acids is 2. The lowest BCUT2D eigenvalue weighted by Crippen LogP contribution is -2.36. The van der Waals surface area contributed by atoms with Crippen LogP contribution in [0.3, 0.4) is 0 Å². The number of hydrogen-bond acceptors (Lipinski definition) is 12. The fourth-order valence-corrected chi connectivity index (χ4v) is 4.10. The monoisotopic (exact) mass is 668 g/mol. The van der Waals surface area contributed by atoms with Gasteiger partial charge in [-0.15, -0.1) is 12.4 Å². The van der Waals surface area contributed by atoms with Gasteiger partial charge in [0, 0.05) is 25.2 Å². The Hall–Kier alpha value is -5.87. The molecule has 47 heavy (non-hydrogen) atoms. The summed E-state index contributed by atoms with van der Waals surface area (Å²) in [6.07, 6.45) is 0. The molecule has 0 aliphatic carbocycles. The van der Waals surface area contributed by atoms with Gasteiger partial charge in [0.1, 0.15) is 17.1 Å². The van der Waals surface area contributed by atoms with Gasteiger partial charge < -0.3 is 31.9 Å². The third-order valence-electron chi connectivity index (χ3n) is 6.51. The number of aromatic nitrogens is 4. The van der Waals surface area contributed by atoms with E-state index in [1.807, 2.05) is 19.1 Å². The van der Waals surface area contributed by atoms with Gasteiger partial charge in [-0.2, -0.15) is 4.98 Å². The van der Waals surface area contributed by atoms with E-state index >= 15 is 0 Å². The van der Waals surface area contributed by atoms with Crippen molar-refractivity contribution in [1.29, 1.82) is 0 Å². The standard InChI is InChI=1S/C19H15N7O6.C10H13NO2.CH4.ClH/c20-12-13(15(28)14(12)27)21-6-8-2-1-3-9(4-8)7-22-16(29)10-5-11(17(30)31)26-18(23-10)24-19(32)25-26;1-7(11)8-3-5-9(6-4-8)10(12)13-2;;/h1-5,21H,6-7,20H2,(H,22,29)(H,25,32)(H,30,31);3-7H,11H2,1-2H3;1H4;1H/t;7-;;/m.0../s1. The number of carboxylic acids is 1. The van der Waals surface area contributed by atoms with Gasteiger partial charge in [-0.05, 0) is 35.7 Å². The molecule has 0 bridgehead atoms. The normalized spacial score (nSPS) is 10.9. The van der Waals surface area contributed by atoms with Crippen LogP contribution in [0.1, 0.15) is 68.4 Å². The number of carbonyl (C=O) groups is 3. The zero-order valence-corrected chi connectivity index (χ0v) is 25.2.